The Balaban J connectivity index is 0. The van der Waals surface area contributed by atoms with Crippen LogP contribution in [0.1, 0.15) is 25.3 Å². The largest absolute Gasteiger partial charge is 2.00 e. The van der Waals surface area contributed by atoms with Crippen LogP contribution in [0.3, 0.4) is 0 Å². The van der Waals surface area contributed by atoms with Crippen molar-refractivity contribution in [3.05, 3.63) is 29.8 Å². The second-order valence-electron chi connectivity index (χ2n) is 3.56. The summed E-state index contributed by atoms with van der Waals surface area (Å²) in [6.45, 7) is 4.41. The standard InChI is InChI=1S/C11H16N.BrH.Mg/c1-9(2)10-6-5-7-11(8-10)12(3)4;;/h5-6,8-9H,1-4H3;1H;/q-1;;+2/p-1. The summed E-state index contributed by atoms with van der Waals surface area (Å²) in [6, 6.07) is 9.49. The van der Waals surface area contributed by atoms with Gasteiger partial charge in [-0.1, -0.05) is 19.5 Å². The minimum atomic E-state index is 0. The van der Waals surface area contributed by atoms with E-state index in [4.69, 9.17) is 0 Å². The van der Waals surface area contributed by atoms with Gasteiger partial charge in [0.1, 0.15) is 0 Å². The van der Waals surface area contributed by atoms with E-state index in [1.807, 2.05) is 20.2 Å². The third kappa shape index (κ3) is 4.67. The summed E-state index contributed by atoms with van der Waals surface area (Å²) < 4.78 is 0. The molecule has 1 rings (SSSR count). The first kappa shape index (κ1) is 16.7. The molecule has 0 amide bonds. The molecule has 0 spiro atoms. The zero-order valence-electron chi connectivity index (χ0n) is 9.34. The summed E-state index contributed by atoms with van der Waals surface area (Å²) in [5.41, 5.74) is 2.53. The Labute approximate surface area is 114 Å². The maximum atomic E-state index is 3.19. The maximum absolute atomic E-state index is 3.19. The summed E-state index contributed by atoms with van der Waals surface area (Å²) in [5.74, 6) is 0.596. The molecule has 0 aliphatic rings. The molecule has 0 heterocycles. The first-order valence-corrected chi connectivity index (χ1v) is 4.30. The number of halogens is 1. The molecule has 0 saturated carbocycles. The number of hydrogen-bond acceptors (Lipinski definition) is 1. The Hall–Kier alpha value is 0.266. The van der Waals surface area contributed by atoms with Crippen LogP contribution in [0.5, 0.6) is 0 Å². The van der Waals surface area contributed by atoms with E-state index in [9.17, 15) is 0 Å². The Morgan fingerprint density at radius 3 is 2.29 bits per heavy atom. The molecule has 14 heavy (non-hydrogen) atoms. The third-order valence-corrected chi connectivity index (χ3v) is 1.96. The first-order chi connectivity index (χ1) is 5.61. The molecular weight excluding hydrogens is 250 g/mol. The fourth-order valence-electron chi connectivity index (χ4n) is 1.09. The number of hydrogen-bond donors (Lipinski definition) is 0. The quantitative estimate of drug-likeness (QED) is 0.505. The Morgan fingerprint density at radius 2 is 1.86 bits per heavy atom. The fourth-order valence-corrected chi connectivity index (χ4v) is 1.09. The van der Waals surface area contributed by atoms with Crippen LogP contribution < -0.4 is 21.9 Å². The molecule has 0 bridgehead atoms. The molecule has 0 N–H and O–H groups in total. The molecule has 1 nitrogen and oxygen atoms in total. The van der Waals surface area contributed by atoms with Gasteiger partial charge in [-0.2, -0.15) is 23.8 Å². The summed E-state index contributed by atoms with van der Waals surface area (Å²) in [7, 11) is 4.08. The van der Waals surface area contributed by atoms with Crippen molar-refractivity contribution in [3.63, 3.8) is 0 Å². The molecule has 1 aromatic rings. The zero-order chi connectivity index (χ0) is 9.14. The van der Waals surface area contributed by atoms with E-state index in [1.54, 1.807) is 0 Å². The van der Waals surface area contributed by atoms with Crippen molar-refractivity contribution in [2.75, 3.05) is 19.0 Å². The van der Waals surface area contributed by atoms with Crippen LogP contribution in [0.15, 0.2) is 18.2 Å². The van der Waals surface area contributed by atoms with E-state index in [0.29, 0.717) is 5.92 Å². The van der Waals surface area contributed by atoms with E-state index in [1.165, 1.54) is 5.56 Å². The number of benzene rings is 1. The van der Waals surface area contributed by atoms with Crippen molar-refractivity contribution in [1.82, 2.24) is 0 Å². The van der Waals surface area contributed by atoms with Gasteiger partial charge in [0, 0.05) is 14.1 Å². The van der Waals surface area contributed by atoms with Crippen LogP contribution >= 0.6 is 0 Å². The van der Waals surface area contributed by atoms with Crippen LogP contribution in [0, 0.1) is 6.07 Å². The summed E-state index contributed by atoms with van der Waals surface area (Å²) in [4.78, 5) is 2.08. The van der Waals surface area contributed by atoms with Gasteiger partial charge < -0.3 is 21.9 Å². The Kier molecular flexibility index (Phi) is 8.99. The average Bonchev–Trinajstić information content (AvgIpc) is 2.04. The van der Waals surface area contributed by atoms with Crippen LogP contribution in [-0.2, 0) is 0 Å². The number of anilines is 1. The molecule has 0 fully saturated rings. The molecule has 3 heteroatoms. The van der Waals surface area contributed by atoms with Crippen LogP contribution in [0.2, 0.25) is 0 Å². The molecule has 0 radical (unpaired) electrons. The third-order valence-electron chi connectivity index (χ3n) is 1.96. The van der Waals surface area contributed by atoms with Crippen LogP contribution in [0.4, 0.5) is 5.69 Å². The molecule has 0 saturated heterocycles. The van der Waals surface area contributed by atoms with Crippen molar-refractivity contribution >= 4 is 28.7 Å². The molecule has 0 aromatic heterocycles. The van der Waals surface area contributed by atoms with Gasteiger partial charge in [0.25, 0.3) is 0 Å². The van der Waals surface area contributed by atoms with Crippen molar-refractivity contribution in [3.8, 4) is 0 Å². The van der Waals surface area contributed by atoms with E-state index in [0.717, 1.165) is 5.69 Å². The van der Waals surface area contributed by atoms with Gasteiger partial charge in [-0.25, -0.2) is 0 Å². The zero-order valence-corrected chi connectivity index (χ0v) is 12.3. The van der Waals surface area contributed by atoms with Crippen LogP contribution in [0.25, 0.3) is 0 Å². The SMILES string of the molecule is CC(C)c1cc[c-]c(N(C)C)c1.[Br-].[Mg+2]. The number of nitrogens with zero attached hydrogens (tertiary/aromatic N) is 1. The minimum absolute atomic E-state index is 0. The van der Waals surface area contributed by atoms with E-state index in [2.05, 4.69) is 36.9 Å². The smallest absolute Gasteiger partial charge is 1.00 e. The summed E-state index contributed by atoms with van der Waals surface area (Å²) in [5, 5.41) is 0. The topological polar surface area (TPSA) is 3.24 Å². The van der Waals surface area contributed by atoms with Crippen molar-refractivity contribution in [2.24, 2.45) is 0 Å². The molecule has 0 aliphatic heterocycles. The van der Waals surface area contributed by atoms with Gasteiger partial charge in [-0.3, -0.25) is 0 Å². The fraction of sp³-hybridized carbons (Fsp3) is 0.455. The normalized spacial score (nSPS) is 8.93. The molecule has 0 unspecified atom stereocenters. The monoisotopic (exact) mass is 265 g/mol. The second kappa shape index (κ2) is 7.54. The van der Waals surface area contributed by atoms with Crippen molar-refractivity contribution < 1.29 is 17.0 Å². The molecule has 1 aromatic carbocycles. The van der Waals surface area contributed by atoms with Gasteiger partial charge in [0.05, 0.1) is 0 Å². The predicted octanol–water partition coefficient (Wildman–Crippen LogP) is -0.701. The van der Waals surface area contributed by atoms with Gasteiger partial charge in [0.15, 0.2) is 0 Å². The molecule has 0 atom stereocenters. The van der Waals surface area contributed by atoms with Gasteiger partial charge >= 0.3 is 23.1 Å². The van der Waals surface area contributed by atoms with Gasteiger partial charge in [0.2, 0.25) is 0 Å². The second-order valence-corrected chi connectivity index (χ2v) is 3.56. The van der Waals surface area contributed by atoms with E-state index >= 15 is 0 Å². The summed E-state index contributed by atoms with van der Waals surface area (Å²) in [6.07, 6.45) is 0. The Morgan fingerprint density at radius 1 is 1.29 bits per heavy atom. The average molecular weight is 266 g/mol. The van der Waals surface area contributed by atoms with E-state index in [-0.39, 0.29) is 40.0 Å². The maximum Gasteiger partial charge on any atom is 2.00 e. The number of rotatable bonds is 2. The Bertz CT molecular complexity index is 238. The van der Waals surface area contributed by atoms with Crippen molar-refractivity contribution in [2.45, 2.75) is 19.8 Å². The van der Waals surface area contributed by atoms with E-state index < -0.39 is 0 Å². The summed E-state index contributed by atoms with van der Waals surface area (Å²) >= 11 is 0. The van der Waals surface area contributed by atoms with Gasteiger partial charge in [-0.15, -0.1) is 6.07 Å². The van der Waals surface area contributed by atoms with Crippen LogP contribution in [-0.4, -0.2) is 37.1 Å². The molecule has 74 valence electrons. The van der Waals surface area contributed by atoms with Gasteiger partial charge in [-0.05, 0) is 5.92 Å². The molecule has 0 aliphatic carbocycles. The van der Waals surface area contributed by atoms with Crippen molar-refractivity contribution in [1.29, 1.82) is 0 Å². The predicted molar refractivity (Wildman–Crippen MR) is 59.4 cm³/mol. The first-order valence-electron chi connectivity index (χ1n) is 4.30. The minimum Gasteiger partial charge on any atom is -1.00 e. The molecular formula is C11H16BrMgN.